The van der Waals surface area contributed by atoms with Crippen LogP contribution in [0, 0.1) is 0 Å². The number of carbonyl (C=O) groups excluding carboxylic acids is 4. The Labute approximate surface area is 330 Å². The number of carboxylic acids is 1. The van der Waals surface area contributed by atoms with Crippen LogP contribution >= 0.6 is 49.6 Å². The van der Waals surface area contributed by atoms with Crippen molar-refractivity contribution in [3.05, 3.63) is 0 Å². The standard InChI is InChI=1S/C14H26O5Si.C12H23IO3Si.C2H4O2.C2H3O.Ag.O.2H2S/c1-10(15)17-9-12-7-11(8-13(16)18-12)19-20(5,6)14(2,3)4;1-12(2,3)17(4,5)16-9-6-10(8-13)15-11(14)7-9;1-2(3)4;1-2-3;;;;/h11-12H,7-9H2,1-6H3;9-10H,6-8H2,1-5H3;1H3,(H,3,4);1H3;;;2*1H2/q;;;-1;;;;/t11-,12+;9-,10+;;;;;;/m11....../s1. The van der Waals surface area contributed by atoms with Crippen molar-refractivity contribution in [2.24, 2.45) is 0 Å². The average molecular weight is 968 g/mol. The van der Waals surface area contributed by atoms with E-state index in [0.29, 0.717) is 12.8 Å². The monoisotopic (exact) mass is 966 g/mol. The molecule has 1 N–H and O–H groups in total. The summed E-state index contributed by atoms with van der Waals surface area (Å²) >= 11 is 3.96. The second-order valence-corrected chi connectivity index (χ2v) is 24.2. The van der Waals surface area contributed by atoms with Gasteiger partial charge in [-0.15, -0.1) is 0 Å². The Morgan fingerprint density at radius 2 is 1.15 bits per heavy atom. The molecular formula is C30H60AgIO12S2Si2-. The molecule has 0 saturated carbocycles. The van der Waals surface area contributed by atoms with Gasteiger partial charge in [0.2, 0.25) is 0 Å². The molecule has 0 radical (unpaired) electrons. The van der Waals surface area contributed by atoms with E-state index >= 15 is 0 Å². The summed E-state index contributed by atoms with van der Waals surface area (Å²) in [6.45, 7) is 25.8. The fourth-order valence-corrected chi connectivity index (χ4v) is 6.73. The minimum atomic E-state index is -1.91. The molecule has 0 spiro atoms. The second-order valence-electron chi connectivity index (χ2n) is 13.8. The zero-order valence-electron chi connectivity index (χ0n) is 30.7. The Morgan fingerprint density at radius 1 is 0.854 bits per heavy atom. The van der Waals surface area contributed by atoms with E-state index in [0.717, 1.165) is 17.8 Å². The number of carboxylic acid groups (broad SMARTS) is 1. The van der Waals surface area contributed by atoms with Crippen LogP contribution in [-0.2, 0) is 71.3 Å². The molecule has 0 aromatic carbocycles. The van der Waals surface area contributed by atoms with Gasteiger partial charge in [0.05, 0.1) is 25.0 Å². The molecule has 2 saturated heterocycles. The van der Waals surface area contributed by atoms with Crippen LogP contribution in [0.5, 0.6) is 0 Å². The third-order valence-electron chi connectivity index (χ3n) is 7.62. The van der Waals surface area contributed by atoms with E-state index < -0.39 is 28.7 Å². The van der Waals surface area contributed by atoms with Gasteiger partial charge in [0.1, 0.15) is 18.8 Å². The van der Waals surface area contributed by atoms with Crippen molar-refractivity contribution in [1.29, 1.82) is 0 Å². The van der Waals surface area contributed by atoms with Crippen molar-refractivity contribution in [2.45, 2.75) is 149 Å². The van der Waals surface area contributed by atoms with Gasteiger partial charge in [-0.05, 0) is 36.3 Å². The van der Waals surface area contributed by atoms with Gasteiger partial charge in [-0.3, -0.25) is 25.5 Å². The summed E-state index contributed by atoms with van der Waals surface area (Å²) in [5, 5.41) is 7.70. The van der Waals surface area contributed by atoms with Crippen molar-refractivity contribution in [3.8, 4) is 0 Å². The number of ether oxygens (including phenoxy) is 3. The molecule has 4 atom stereocenters. The number of hydrogen-bond acceptors (Lipinski definition) is 11. The molecule has 48 heavy (non-hydrogen) atoms. The van der Waals surface area contributed by atoms with Gasteiger partial charge in [-0.2, -0.15) is 33.9 Å². The van der Waals surface area contributed by atoms with Crippen LogP contribution in [0.2, 0.25) is 36.3 Å². The molecule has 0 bridgehead atoms. The van der Waals surface area contributed by atoms with Crippen molar-refractivity contribution in [2.75, 3.05) is 11.0 Å². The SMILES string of the molecule is CC(=O)O.CC(=O)OC[C@@H]1C[C@@H](O[Si](C)(C)C(C)(C)C)CC(=O)O1.CC(C)(C)[Si](C)(C)O[C@H]1CC(=O)O[C@H](CI)C1.C[C-]=O.S.S.[O]=[Ag]. The third kappa shape index (κ3) is 26.7. The van der Waals surface area contributed by atoms with Gasteiger partial charge >= 0.3 is 42.2 Å². The number of alkyl halides is 1. The van der Waals surface area contributed by atoms with E-state index in [1.54, 1.807) is 21.0 Å². The number of halogens is 1. The van der Waals surface area contributed by atoms with E-state index in [2.05, 4.69) is 90.3 Å². The van der Waals surface area contributed by atoms with Crippen molar-refractivity contribution in [1.82, 2.24) is 0 Å². The molecule has 2 fully saturated rings. The van der Waals surface area contributed by atoms with Crippen molar-refractivity contribution < 1.29 is 76.4 Å². The normalized spacial score (nSPS) is 20.5. The molecule has 291 valence electrons. The van der Waals surface area contributed by atoms with Gasteiger partial charge in [0.15, 0.2) is 16.6 Å². The molecule has 18 heteroatoms. The number of hydrogen-bond donors (Lipinski definition) is 1. The first-order valence-electron chi connectivity index (χ1n) is 14.9. The molecule has 2 rings (SSSR count). The predicted molar refractivity (Wildman–Crippen MR) is 204 cm³/mol. The Bertz CT molecular complexity index is 959. The fourth-order valence-electron chi connectivity index (χ4n) is 3.46. The van der Waals surface area contributed by atoms with Crippen LogP contribution in [0.1, 0.15) is 88.0 Å². The molecule has 12 nitrogen and oxygen atoms in total. The van der Waals surface area contributed by atoms with Gasteiger partial charge in [0.25, 0.3) is 5.97 Å². The molecule has 2 aliphatic rings. The molecule has 0 unspecified atom stereocenters. The van der Waals surface area contributed by atoms with E-state index in [-0.39, 0.29) is 86.3 Å². The Morgan fingerprint density at radius 3 is 1.42 bits per heavy atom. The van der Waals surface area contributed by atoms with Crippen LogP contribution in [0.15, 0.2) is 0 Å². The van der Waals surface area contributed by atoms with Crippen molar-refractivity contribution in [3.63, 3.8) is 0 Å². The summed E-state index contributed by atoms with van der Waals surface area (Å²) in [7, 11) is -3.69. The summed E-state index contributed by atoms with van der Waals surface area (Å²) in [4.78, 5) is 51.6. The number of carbonyl (C=O) groups is 4. The van der Waals surface area contributed by atoms with Gasteiger partial charge in [-0.1, -0.05) is 64.1 Å². The third-order valence-corrected chi connectivity index (χ3v) is 17.7. The number of cyclic esters (lactones) is 2. The number of aliphatic carboxylic acids is 1. The zero-order valence-corrected chi connectivity index (χ0v) is 38.3. The summed E-state index contributed by atoms with van der Waals surface area (Å²) in [6.07, 6.45) is 3.19. The number of esters is 3. The van der Waals surface area contributed by atoms with Crippen LogP contribution in [0.25, 0.3) is 0 Å². The van der Waals surface area contributed by atoms with Crippen molar-refractivity contribution >= 4 is 96.4 Å². The molecule has 0 aromatic rings. The summed E-state index contributed by atoms with van der Waals surface area (Å²) in [5.74, 6) is -1.59. The molecule has 0 aromatic heterocycles. The molecule has 2 heterocycles. The maximum absolute atomic E-state index is 11.6. The quantitative estimate of drug-likeness (QED) is 0.0739. The Kier molecular flexibility index (Phi) is 32.8. The van der Waals surface area contributed by atoms with Gasteiger partial charge in [0, 0.05) is 31.1 Å². The zero-order chi connectivity index (χ0) is 37.1. The fraction of sp³-hybridized carbons (Fsp3) is 0.833. The van der Waals surface area contributed by atoms with Crippen LogP contribution < -0.4 is 0 Å². The van der Waals surface area contributed by atoms with Gasteiger partial charge < -0.3 is 33.0 Å². The van der Waals surface area contributed by atoms with Crippen LogP contribution in [0.3, 0.4) is 0 Å². The van der Waals surface area contributed by atoms with Crippen LogP contribution in [0.4, 0.5) is 0 Å². The molecule has 0 aliphatic carbocycles. The Hall–Kier alpha value is -0.126. The minimum absolute atomic E-state index is 0. The van der Waals surface area contributed by atoms with Gasteiger partial charge in [-0.25, -0.2) is 0 Å². The van der Waals surface area contributed by atoms with E-state index in [1.165, 1.54) is 20.1 Å². The molecule has 0 amide bonds. The van der Waals surface area contributed by atoms with E-state index in [4.69, 9.17) is 41.0 Å². The number of rotatable bonds is 7. The topological polar surface area (TPSA) is 169 Å². The summed E-state index contributed by atoms with van der Waals surface area (Å²) in [5.41, 5.74) is 0. The molecule has 2 aliphatic heterocycles. The Balaban J connectivity index is -0.000000200. The first kappa shape index (κ1) is 57.2. The summed E-state index contributed by atoms with van der Waals surface area (Å²) < 4.78 is 36.8. The first-order valence-corrected chi connectivity index (χ1v) is 22.8. The molecular weight excluding hydrogens is 907 g/mol. The maximum atomic E-state index is 11.6. The average Bonchev–Trinajstić information content (AvgIpc) is 2.86. The van der Waals surface area contributed by atoms with E-state index in [1.807, 2.05) is 0 Å². The summed E-state index contributed by atoms with van der Waals surface area (Å²) in [6, 6.07) is 0. The second kappa shape index (κ2) is 27.5. The predicted octanol–water partition coefficient (Wildman–Crippen LogP) is 6.47. The van der Waals surface area contributed by atoms with E-state index in [9.17, 15) is 14.4 Å². The first-order chi connectivity index (χ1) is 20.8. The van der Waals surface area contributed by atoms with Crippen LogP contribution in [-0.4, -0.2) is 87.4 Å².